The Bertz CT molecular complexity index is 904. The van der Waals surface area contributed by atoms with Crippen LogP contribution in [0.3, 0.4) is 0 Å². The Morgan fingerprint density at radius 2 is 1.77 bits per heavy atom. The highest BCUT2D eigenvalue weighted by Gasteiger charge is 2.17. The summed E-state index contributed by atoms with van der Waals surface area (Å²) in [5.41, 5.74) is 1.99. The molecule has 2 aromatic carbocycles. The summed E-state index contributed by atoms with van der Waals surface area (Å²) in [4.78, 5) is 12.8. The molecule has 0 saturated heterocycles. The Labute approximate surface area is 155 Å². The molecule has 6 heteroatoms. The summed E-state index contributed by atoms with van der Waals surface area (Å²) in [7, 11) is -3.37. The van der Waals surface area contributed by atoms with Gasteiger partial charge in [0.05, 0.1) is 17.0 Å². The van der Waals surface area contributed by atoms with Crippen LogP contribution in [-0.2, 0) is 9.84 Å². The SMILES string of the molecule is Cc1ccc(S(C)(=O)=O)cc1C(=O)NC(C)c1cccc(OC(C)C)c1. The molecule has 1 unspecified atom stereocenters. The number of aryl methyl sites for hydroxylation is 1. The van der Waals surface area contributed by atoms with Crippen molar-refractivity contribution in [3.63, 3.8) is 0 Å². The summed E-state index contributed by atoms with van der Waals surface area (Å²) in [6.07, 6.45) is 1.19. The van der Waals surface area contributed by atoms with E-state index in [4.69, 9.17) is 4.74 Å². The first-order chi connectivity index (χ1) is 12.1. The second-order valence-corrected chi connectivity index (χ2v) is 8.70. The zero-order valence-electron chi connectivity index (χ0n) is 15.7. The number of amides is 1. The molecule has 0 aliphatic rings. The van der Waals surface area contributed by atoms with Crippen LogP contribution in [0.2, 0.25) is 0 Å². The highest BCUT2D eigenvalue weighted by atomic mass is 32.2. The number of benzene rings is 2. The first-order valence-corrected chi connectivity index (χ1v) is 10.3. The summed E-state index contributed by atoms with van der Waals surface area (Å²) in [6, 6.07) is 11.9. The zero-order valence-corrected chi connectivity index (χ0v) is 16.6. The Balaban J connectivity index is 2.22. The van der Waals surface area contributed by atoms with Crippen LogP contribution in [0.1, 0.15) is 48.3 Å². The lowest BCUT2D eigenvalue weighted by Crippen LogP contribution is -2.27. The van der Waals surface area contributed by atoms with Gasteiger partial charge in [0, 0.05) is 11.8 Å². The second-order valence-electron chi connectivity index (χ2n) is 6.68. The molecule has 140 valence electrons. The van der Waals surface area contributed by atoms with Gasteiger partial charge < -0.3 is 10.1 Å². The van der Waals surface area contributed by atoms with E-state index in [2.05, 4.69) is 5.32 Å². The van der Waals surface area contributed by atoms with Gasteiger partial charge in [-0.25, -0.2) is 8.42 Å². The van der Waals surface area contributed by atoms with Crippen molar-refractivity contribution >= 4 is 15.7 Å². The van der Waals surface area contributed by atoms with E-state index in [-0.39, 0.29) is 22.9 Å². The van der Waals surface area contributed by atoms with Crippen molar-refractivity contribution < 1.29 is 17.9 Å². The Morgan fingerprint density at radius 1 is 1.08 bits per heavy atom. The molecule has 2 aromatic rings. The third-order valence-corrected chi connectivity index (χ3v) is 5.07. The highest BCUT2D eigenvalue weighted by Crippen LogP contribution is 2.21. The predicted octanol–water partition coefficient (Wildman–Crippen LogP) is 3.68. The van der Waals surface area contributed by atoms with E-state index in [9.17, 15) is 13.2 Å². The van der Waals surface area contributed by atoms with Crippen molar-refractivity contribution in [2.24, 2.45) is 0 Å². The van der Waals surface area contributed by atoms with E-state index in [0.29, 0.717) is 5.56 Å². The van der Waals surface area contributed by atoms with Crippen LogP contribution < -0.4 is 10.1 Å². The fraction of sp³-hybridized carbons (Fsp3) is 0.350. The summed E-state index contributed by atoms with van der Waals surface area (Å²) in [5, 5.41) is 2.92. The number of sulfone groups is 1. The maximum atomic E-state index is 12.7. The Hall–Kier alpha value is -2.34. The van der Waals surface area contributed by atoms with Gasteiger partial charge in [-0.05, 0) is 63.1 Å². The van der Waals surface area contributed by atoms with Crippen LogP contribution in [0.5, 0.6) is 5.75 Å². The smallest absolute Gasteiger partial charge is 0.252 e. The van der Waals surface area contributed by atoms with Crippen molar-refractivity contribution in [2.45, 2.75) is 44.7 Å². The summed E-state index contributed by atoms with van der Waals surface area (Å²) in [6.45, 7) is 7.57. The summed E-state index contributed by atoms with van der Waals surface area (Å²) < 4.78 is 29.2. The molecule has 26 heavy (non-hydrogen) atoms. The molecule has 0 spiro atoms. The number of rotatable bonds is 6. The number of nitrogens with one attached hydrogen (secondary N) is 1. The maximum Gasteiger partial charge on any atom is 0.252 e. The lowest BCUT2D eigenvalue weighted by atomic mass is 10.1. The van der Waals surface area contributed by atoms with Crippen molar-refractivity contribution in [3.05, 3.63) is 59.2 Å². The molecule has 5 nitrogen and oxygen atoms in total. The Kier molecular flexibility index (Phi) is 6.08. The molecule has 1 amide bonds. The van der Waals surface area contributed by atoms with Gasteiger partial charge in [-0.1, -0.05) is 18.2 Å². The normalized spacial score (nSPS) is 12.7. The van der Waals surface area contributed by atoms with Gasteiger partial charge in [0.15, 0.2) is 9.84 Å². The minimum atomic E-state index is -3.37. The van der Waals surface area contributed by atoms with Gasteiger partial charge in [0.2, 0.25) is 0 Å². The van der Waals surface area contributed by atoms with Crippen LogP contribution in [0, 0.1) is 6.92 Å². The van der Waals surface area contributed by atoms with Gasteiger partial charge in [-0.2, -0.15) is 0 Å². The number of carbonyl (C=O) groups excluding carboxylic acids is 1. The monoisotopic (exact) mass is 375 g/mol. The lowest BCUT2D eigenvalue weighted by molar-refractivity contribution is 0.0939. The molecule has 1 atom stereocenters. The van der Waals surface area contributed by atoms with Gasteiger partial charge in [0.25, 0.3) is 5.91 Å². The topological polar surface area (TPSA) is 72.5 Å². The van der Waals surface area contributed by atoms with Crippen molar-refractivity contribution in [1.29, 1.82) is 0 Å². The van der Waals surface area contributed by atoms with E-state index in [1.165, 1.54) is 12.1 Å². The minimum Gasteiger partial charge on any atom is -0.491 e. The minimum absolute atomic E-state index is 0.0662. The summed E-state index contributed by atoms with van der Waals surface area (Å²) >= 11 is 0. The van der Waals surface area contributed by atoms with Gasteiger partial charge in [0.1, 0.15) is 5.75 Å². The molecule has 0 aliphatic carbocycles. The van der Waals surface area contributed by atoms with E-state index in [0.717, 1.165) is 23.1 Å². The second kappa shape index (κ2) is 7.91. The average molecular weight is 375 g/mol. The molecule has 2 rings (SSSR count). The van der Waals surface area contributed by atoms with Gasteiger partial charge >= 0.3 is 0 Å². The molecule has 0 heterocycles. The molecule has 0 aliphatic heterocycles. The molecule has 0 saturated carbocycles. The molecule has 0 aromatic heterocycles. The molecule has 0 radical (unpaired) electrons. The Morgan fingerprint density at radius 3 is 2.38 bits per heavy atom. The maximum absolute atomic E-state index is 12.7. The van der Waals surface area contributed by atoms with Gasteiger partial charge in [-0.3, -0.25) is 4.79 Å². The lowest BCUT2D eigenvalue weighted by Gasteiger charge is -2.17. The highest BCUT2D eigenvalue weighted by molar-refractivity contribution is 7.90. The van der Waals surface area contributed by atoms with Crippen LogP contribution >= 0.6 is 0 Å². The average Bonchev–Trinajstić information content (AvgIpc) is 2.53. The fourth-order valence-corrected chi connectivity index (χ4v) is 3.21. The van der Waals surface area contributed by atoms with Crippen LogP contribution in [-0.4, -0.2) is 26.7 Å². The van der Waals surface area contributed by atoms with Crippen molar-refractivity contribution in [2.75, 3.05) is 6.26 Å². The van der Waals surface area contributed by atoms with Crippen LogP contribution in [0.25, 0.3) is 0 Å². The number of ether oxygens (including phenoxy) is 1. The first kappa shape index (κ1) is 20.0. The molecular weight excluding hydrogens is 350 g/mol. The van der Waals surface area contributed by atoms with Crippen LogP contribution in [0.15, 0.2) is 47.4 Å². The van der Waals surface area contributed by atoms with E-state index < -0.39 is 9.84 Å². The molecule has 0 bridgehead atoms. The summed E-state index contributed by atoms with van der Waals surface area (Å²) in [5.74, 6) is 0.435. The third kappa shape index (κ3) is 5.08. The van der Waals surface area contributed by atoms with Crippen LogP contribution in [0.4, 0.5) is 0 Å². The molecule has 0 fully saturated rings. The fourth-order valence-electron chi connectivity index (χ4n) is 2.56. The molecular formula is C20H25NO4S. The standard InChI is InChI=1S/C20H25NO4S/c1-13(2)25-17-8-6-7-16(11-17)15(4)21-20(22)19-12-18(26(5,23)24)10-9-14(19)3/h6-13,15H,1-5H3,(H,21,22). The van der Waals surface area contributed by atoms with E-state index in [1.807, 2.05) is 45.0 Å². The predicted molar refractivity (Wildman–Crippen MR) is 102 cm³/mol. The van der Waals surface area contributed by atoms with Crippen molar-refractivity contribution in [3.8, 4) is 5.75 Å². The number of carbonyl (C=O) groups is 1. The number of hydrogen-bond acceptors (Lipinski definition) is 4. The molecule has 1 N–H and O–H groups in total. The van der Waals surface area contributed by atoms with Crippen molar-refractivity contribution in [1.82, 2.24) is 5.32 Å². The third-order valence-electron chi connectivity index (χ3n) is 3.96. The van der Waals surface area contributed by atoms with E-state index >= 15 is 0 Å². The largest absolute Gasteiger partial charge is 0.491 e. The zero-order chi connectivity index (χ0) is 19.5. The quantitative estimate of drug-likeness (QED) is 0.836. The first-order valence-electron chi connectivity index (χ1n) is 8.46. The van der Waals surface area contributed by atoms with E-state index in [1.54, 1.807) is 13.0 Å². The number of hydrogen-bond donors (Lipinski definition) is 1. The van der Waals surface area contributed by atoms with Gasteiger partial charge in [-0.15, -0.1) is 0 Å².